The lowest BCUT2D eigenvalue weighted by Crippen LogP contribution is -2.37. The molecule has 2 N–H and O–H groups in total. The second-order valence-corrected chi connectivity index (χ2v) is 6.46. The maximum Gasteiger partial charge on any atom is 0.0443 e. The lowest BCUT2D eigenvalue weighted by atomic mass is 9.69. The van der Waals surface area contributed by atoms with Gasteiger partial charge in [-0.1, -0.05) is 43.0 Å². The molecule has 2 fully saturated rings. The van der Waals surface area contributed by atoms with Crippen molar-refractivity contribution in [3.8, 4) is 0 Å². The van der Waals surface area contributed by atoms with Gasteiger partial charge >= 0.3 is 0 Å². The van der Waals surface area contributed by atoms with Crippen molar-refractivity contribution in [2.75, 3.05) is 6.54 Å². The van der Waals surface area contributed by atoms with Gasteiger partial charge in [-0.15, -0.1) is 0 Å². The zero-order valence-electron chi connectivity index (χ0n) is 10.9. The fraction of sp³-hybridized carbons (Fsp3) is 0.625. The van der Waals surface area contributed by atoms with Gasteiger partial charge in [0.05, 0.1) is 0 Å². The molecule has 3 rings (SSSR count). The monoisotopic (exact) mass is 263 g/mol. The molecule has 0 amide bonds. The Morgan fingerprint density at radius 3 is 2.44 bits per heavy atom. The van der Waals surface area contributed by atoms with E-state index < -0.39 is 0 Å². The normalized spacial score (nSPS) is 23.0. The van der Waals surface area contributed by atoms with Crippen LogP contribution in [0.3, 0.4) is 0 Å². The topological polar surface area (TPSA) is 26.0 Å². The van der Waals surface area contributed by atoms with Crippen LogP contribution in [0.25, 0.3) is 0 Å². The van der Waals surface area contributed by atoms with Crippen molar-refractivity contribution < 1.29 is 0 Å². The first-order valence-electron chi connectivity index (χ1n) is 7.25. The molecule has 0 unspecified atom stereocenters. The second-order valence-electron chi connectivity index (χ2n) is 6.06. The molecule has 1 aromatic carbocycles. The third kappa shape index (κ3) is 2.19. The van der Waals surface area contributed by atoms with Gasteiger partial charge in [0.1, 0.15) is 0 Å². The molecule has 0 radical (unpaired) electrons. The fourth-order valence-electron chi connectivity index (χ4n) is 3.42. The summed E-state index contributed by atoms with van der Waals surface area (Å²) in [5, 5.41) is 0.966. The average molecular weight is 264 g/mol. The molecule has 0 aromatic heterocycles. The van der Waals surface area contributed by atoms with Crippen LogP contribution in [0.15, 0.2) is 18.2 Å². The Labute approximate surface area is 115 Å². The van der Waals surface area contributed by atoms with E-state index in [0.29, 0.717) is 0 Å². The summed E-state index contributed by atoms with van der Waals surface area (Å²) in [6.07, 6.45) is 9.03. The standard InChI is InChI=1S/C16H22ClN/c17-15-10-13(6-7-14(15)12-4-5-12)16(11-18)8-2-1-3-9-16/h6-7,10,12H,1-5,8-9,11,18H2. The zero-order valence-corrected chi connectivity index (χ0v) is 11.7. The van der Waals surface area contributed by atoms with E-state index in [9.17, 15) is 0 Å². The molecule has 1 nitrogen and oxygen atoms in total. The molecule has 0 atom stereocenters. The molecule has 2 saturated carbocycles. The first-order chi connectivity index (χ1) is 8.75. The Morgan fingerprint density at radius 2 is 1.89 bits per heavy atom. The van der Waals surface area contributed by atoms with Crippen LogP contribution in [-0.2, 0) is 5.41 Å². The summed E-state index contributed by atoms with van der Waals surface area (Å²) in [6.45, 7) is 0.756. The molecular formula is C16H22ClN. The number of rotatable bonds is 3. The van der Waals surface area contributed by atoms with Gasteiger partial charge in [-0.2, -0.15) is 0 Å². The molecule has 98 valence electrons. The van der Waals surface area contributed by atoms with Gasteiger partial charge in [-0.05, 0) is 48.8 Å². The third-order valence-electron chi connectivity index (χ3n) is 4.83. The number of halogens is 1. The minimum absolute atomic E-state index is 0.198. The summed E-state index contributed by atoms with van der Waals surface area (Å²) in [4.78, 5) is 0. The summed E-state index contributed by atoms with van der Waals surface area (Å²) in [6, 6.07) is 6.74. The van der Waals surface area contributed by atoms with Gasteiger partial charge in [0.15, 0.2) is 0 Å². The van der Waals surface area contributed by atoms with Crippen molar-refractivity contribution in [1.29, 1.82) is 0 Å². The predicted molar refractivity (Wildman–Crippen MR) is 77.2 cm³/mol. The lowest BCUT2D eigenvalue weighted by molar-refractivity contribution is 0.301. The maximum absolute atomic E-state index is 6.46. The van der Waals surface area contributed by atoms with E-state index in [2.05, 4.69) is 18.2 Å². The van der Waals surface area contributed by atoms with Crippen molar-refractivity contribution in [2.24, 2.45) is 5.73 Å². The van der Waals surface area contributed by atoms with E-state index in [0.717, 1.165) is 17.5 Å². The first-order valence-corrected chi connectivity index (χ1v) is 7.63. The third-order valence-corrected chi connectivity index (χ3v) is 5.16. The van der Waals surface area contributed by atoms with Gasteiger partial charge in [0.25, 0.3) is 0 Å². The molecule has 0 heterocycles. The maximum atomic E-state index is 6.46. The van der Waals surface area contributed by atoms with E-state index in [4.69, 9.17) is 17.3 Å². The molecule has 0 spiro atoms. The van der Waals surface area contributed by atoms with Crippen LogP contribution in [0.1, 0.15) is 62.0 Å². The summed E-state index contributed by atoms with van der Waals surface area (Å²) < 4.78 is 0. The summed E-state index contributed by atoms with van der Waals surface area (Å²) in [5.41, 5.74) is 9.01. The minimum Gasteiger partial charge on any atom is -0.330 e. The Morgan fingerprint density at radius 1 is 1.17 bits per heavy atom. The Kier molecular flexibility index (Phi) is 3.38. The summed E-state index contributed by atoms with van der Waals surface area (Å²) >= 11 is 6.46. The summed E-state index contributed by atoms with van der Waals surface area (Å²) in [7, 11) is 0. The molecule has 1 aromatic rings. The van der Waals surface area contributed by atoms with Crippen LogP contribution in [0.4, 0.5) is 0 Å². The van der Waals surface area contributed by atoms with Crippen LogP contribution < -0.4 is 5.73 Å². The Hall–Kier alpha value is -0.530. The van der Waals surface area contributed by atoms with Gasteiger partial charge in [0.2, 0.25) is 0 Å². The van der Waals surface area contributed by atoms with Crippen molar-refractivity contribution in [2.45, 2.75) is 56.3 Å². The van der Waals surface area contributed by atoms with Crippen molar-refractivity contribution in [3.05, 3.63) is 34.3 Å². The van der Waals surface area contributed by atoms with E-state index in [-0.39, 0.29) is 5.41 Å². The quantitative estimate of drug-likeness (QED) is 0.861. The van der Waals surface area contributed by atoms with Gasteiger partial charge in [-0.3, -0.25) is 0 Å². The number of benzene rings is 1. The van der Waals surface area contributed by atoms with E-state index >= 15 is 0 Å². The van der Waals surface area contributed by atoms with E-state index in [1.165, 1.54) is 56.1 Å². The first kappa shape index (κ1) is 12.5. The molecule has 18 heavy (non-hydrogen) atoms. The predicted octanol–water partition coefficient (Wildman–Crippen LogP) is 4.38. The van der Waals surface area contributed by atoms with Gasteiger partial charge in [-0.25, -0.2) is 0 Å². The summed E-state index contributed by atoms with van der Waals surface area (Å²) in [5.74, 6) is 0.728. The molecule has 0 aliphatic heterocycles. The number of nitrogens with two attached hydrogens (primary N) is 1. The van der Waals surface area contributed by atoms with Gasteiger partial charge in [0, 0.05) is 17.0 Å². The van der Waals surface area contributed by atoms with Gasteiger partial charge < -0.3 is 5.73 Å². The van der Waals surface area contributed by atoms with Crippen LogP contribution in [0.2, 0.25) is 5.02 Å². The van der Waals surface area contributed by atoms with Crippen molar-refractivity contribution >= 4 is 11.6 Å². The van der Waals surface area contributed by atoms with Crippen LogP contribution >= 0.6 is 11.6 Å². The molecule has 0 bridgehead atoms. The van der Waals surface area contributed by atoms with Crippen LogP contribution in [-0.4, -0.2) is 6.54 Å². The molecular weight excluding hydrogens is 242 g/mol. The van der Waals surface area contributed by atoms with Crippen LogP contribution in [0.5, 0.6) is 0 Å². The highest BCUT2D eigenvalue weighted by molar-refractivity contribution is 6.31. The average Bonchev–Trinajstić information content (AvgIpc) is 3.24. The highest BCUT2D eigenvalue weighted by atomic mass is 35.5. The van der Waals surface area contributed by atoms with Crippen molar-refractivity contribution in [3.63, 3.8) is 0 Å². The highest BCUT2D eigenvalue weighted by Gasteiger charge is 2.33. The smallest absolute Gasteiger partial charge is 0.0443 e. The Bertz CT molecular complexity index is 431. The second kappa shape index (κ2) is 4.86. The Balaban J connectivity index is 1.92. The molecule has 2 aliphatic rings. The lowest BCUT2D eigenvalue weighted by Gasteiger charge is -2.37. The largest absolute Gasteiger partial charge is 0.330 e. The number of hydrogen-bond acceptors (Lipinski definition) is 1. The highest BCUT2D eigenvalue weighted by Crippen LogP contribution is 2.45. The number of hydrogen-bond donors (Lipinski definition) is 1. The SMILES string of the molecule is NCC1(c2ccc(C3CC3)c(Cl)c2)CCCCC1. The molecule has 2 heteroatoms. The van der Waals surface area contributed by atoms with E-state index in [1.807, 2.05) is 0 Å². The van der Waals surface area contributed by atoms with Crippen LogP contribution in [0, 0.1) is 0 Å². The van der Waals surface area contributed by atoms with E-state index in [1.54, 1.807) is 0 Å². The molecule has 0 saturated heterocycles. The molecule has 2 aliphatic carbocycles. The fourth-order valence-corrected chi connectivity index (χ4v) is 3.76. The van der Waals surface area contributed by atoms with Crippen molar-refractivity contribution in [1.82, 2.24) is 0 Å². The minimum atomic E-state index is 0.198. The zero-order chi connectivity index (χ0) is 12.6.